The van der Waals surface area contributed by atoms with Gasteiger partial charge in [-0.1, -0.05) is 12.1 Å². The minimum atomic E-state index is -0.225. The standard InChI is InChI=1S/C15H14FNO/c1-17(10-12-2-6-14(16)7-3-12)15-8-4-13(11-18)5-9-15/h2-9,11H,10H2,1H3. The van der Waals surface area contributed by atoms with Crippen molar-refractivity contribution in [3.63, 3.8) is 0 Å². The molecule has 0 unspecified atom stereocenters. The maximum atomic E-state index is 12.8. The predicted octanol–water partition coefficient (Wildman–Crippen LogP) is 3.27. The van der Waals surface area contributed by atoms with Gasteiger partial charge in [0, 0.05) is 24.8 Å². The number of nitrogens with zero attached hydrogens (tertiary/aromatic N) is 1. The molecule has 3 heteroatoms. The maximum Gasteiger partial charge on any atom is 0.150 e. The molecule has 0 aliphatic heterocycles. The van der Waals surface area contributed by atoms with E-state index in [2.05, 4.69) is 0 Å². The molecule has 0 atom stereocenters. The van der Waals surface area contributed by atoms with Crippen LogP contribution in [0.5, 0.6) is 0 Å². The molecule has 2 rings (SSSR count). The lowest BCUT2D eigenvalue weighted by Gasteiger charge is -2.19. The first-order valence-corrected chi connectivity index (χ1v) is 5.70. The monoisotopic (exact) mass is 243 g/mol. The van der Waals surface area contributed by atoms with E-state index in [0.29, 0.717) is 12.1 Å². The van der Waals surface area contributed by atoms with Crippen LogP contribution in [0, 0.1) is 5.82 Å². The fraction of sp³-hybridized carbons (Fsp3) is 0.133. The summed E-state index contributed by atoms with van der Waals surface area (Å²) < 4.78 is 12.8. The van der Waals surface area contributed by atoms with Crippen molar-refractivity contribution >= 4 is 12.0 Å². The SMILES string of the molecule is CN(Cc1ccc(F)cc1)c1ccc(C=O)cc1. The molecule has 0 saturated heterocycles. The van der Waals surface area contributed by atoms with Gasteiger partial charge in [0.2, 0.25) is 0 Å². The lowest BCUT2D eigenvalue weighted by atomic mass is 10.2. The van der Waals surface area contributed by atoms with Crippen LogP contribution in [0.4, 0.5) is 10.1 Å². The van der Waals surface area contributed by atoms with Crippen LogP contribution in [0.1, 0.15) is 15.9 Å². The molecule has 0 amide bonds. The first-order valence-electron chi connectivity index (χ1n) is 5.70. The second kappa shape index (κ2) is 5.45. The molecular formula is C15H14FNO. The van der Waals surface area contributed by atoms with E-state index < -0.39 is 0 Å². The van der Waals surface area contributed by atoms with Crippen molar-refractivity contribution in [2.75, 3.05) is 11.9 Å². The number of benzene rings is 2. The van der Waals surface area contributed by atoms with E-state index in [9.17, 15) is 9.18 Å². The fourth-order valence-corrected chi connectivity index (χ4v) is 1.76. The van der Waals surface area contributed by atoms with Gasteiger partial charge in [-0.15, -0.1) is 0 Å². The summed E-state index contributed by atoms with van der Waals surface area (Å²) in [6.45, 7) is 0.695. The van der Waals surface area contributed by atoms with E-state index in [-0.39, 0.29) is 5.82 Å². The third-order valence-corrected chi connectivity index (χ3v) is 2.80. The lowest BCUT2D eigenvalue weighted by molar-refractivity contribution is 0.112. The minimum absolute atomic E-state index is 0.225. The Morgan fingerprint density at radius 2 is 1.67 bits per heavy atom. The molecule has 2 aromatic carbocycles. The van der Waals surface area contributed by atoms with Crippen LogP contribution in [0.3, 0.4) is 0 Å². The van der Waals surface area contributed by atoms with Gasteiger partial charge in [0.25, 0.3) is 0 Å². The number of carbonyl (C=O) groups is 1. The highest BCUT2D eigenvalue weighted by Crippen LogP contribution is 2.16. The number of rotatable bonds is 4. The molecule has 0 N–H and O–H groups in total. The number of anilines is 1. The summed E-state index contributed by atoms with van der Waals surface area (Å²) in [5.74, 6) is -0.225. The lowest BCUT2D eigenvalue weighted by Crippen LogP contribution is -2.16. The van der Waals surface area contributed by atoms with E-state index in [4.69, 9.17) is 0 Å². The summed E-state index contributed by atoms with van der Waals surface area (Å²) in [4.78, 5) is 12.6. The normalized spacial score (nSPS) is 10.1. The van der Waals surface area contributed by atoms with E-state index in [1.807, 2.05) is 24.1 Å². The Balaban J connectivity index is 2.08. The van der Waals surface area contributed by atoms with Gasteiger partial charge >= 0.3 is 0 Å². The topological polar surface area (TPSA) is 20.3 Å². The molecule has 2 nitrogen and oxygen atoms in total. The van der Waals surface area contributed by atoms with Crippen molar-refractivity contribution < 1.29 is 9.18 Å². The van der Waals surface area contributed by atoms with Gasteiger partial charge in [-0.3, -0.25) is 4.79 Å². The summed E-state index contributed by atoms with van der Waals surface area (Å²) >= 11 is 0. The first kappa shape index (κ1) is 12.3. The fourth-order valence-electron chi connectivity index (χ4n) is 1.76. The minimum Gasteiger partial charge on any atom is -0.370 e. The summed E-state index contributed by atoms with van der Waals surface area (Å²) in [6.07, 6.45) is 0.823. The molecule has 0 radical (unpaired) electrons. The van der Waals surface area contributed by atoms with Crippen molar-refractivity contribution in [3.05, 3.63) is 65.5 Å². The second-order valence-corrected chi connectivity index (χ2v) is 4.19. The average Bonchev–Trinajstić information content (AvgIpc) is 2.41. The third kappa shape index (κ3) is 2.94. The quantitative estimate of drug-likeness (QED) is 0.768. The summed E-state index contributed by atoms with van der Waals surface area (Å²) in [7, 11) is 1.96. The van der Waals surface area contributed by atoms with Crippen LogP contribution in [0.25, 0.3) is 0 Å². The Hall–Kier alpha value is -2.16. The molecule has 18 heavy (non-hydrogen) atoms. The molecule has 0 spiro atoms. The van der Waals surface area contributed by atoms with Crippen molar-refractivity contribution in [1.82, 2.24) is 0 Å². The molecule has 0 fully saturated rings. The van der Waals surface area contributed by atoms with Crippen LogP contribution >= 0.6 is 0 Å². The smallest absolute Gasteiger partial charge is 0.150 e. The predicted molar refractivity (Wildman–Crippen MR) is 70.3 cm³/mol. The van der Waals surface area contributed by atoms with Gasteiger partial charge in [-0.25, -0.2) is 4.39 Å². The van der Waals surface area contributed by atoms with E-state index in [0.717, 1.165) is 17.5 Å². The highest BCUT2D eigenvalue weighted by molar-refractivity contribution is 5.75. The zero-order valence-electron chi connectivity index (χ0n) is 10.1. The Morgan fingerprint density at radius 3 is 2.22 bits per heavy atom. The molecule has 0 heterocycles. The van der Waals surface area contributed by atoms with Gasteiger partial charge in [0.1, 0.15) is 12.1 Å². The van der Waals surface area contributed by atoms with Gasteiger partial charge in [0.05, 0.1) is 0 Å². The molecule has 2 aromatic rings. The summed E-state index contributed by atoms with van der Waals surface area (Å²) in [5.41, 5.74) is 2.72. The average molecular weight is 243 g/mol. The Labute approximate surface area is 106 Å². The van der Waals surface area contributed by atoms with Crippen molar-refractivity contribution in [3.8, 4) is 0 Å². The number of hydrogen-bond donors (Lipinski definition) is 0. The van der Waals surface area contributed by atoms with Crippen molar-refractivity contribution in [2.24, 2.45) is 0 Å². The van der Waals surface area contributed by atoms with Gasteiger partial charge in [0.15, 0.2) is 0 Å². The highest BCUT2D eigenvalue weighted by Gasteiger charge is 2.02. The van der Waals surface area contributed by atoms with Gasteiger partial charge < -0.3 is 4.90 Å². The summed E-state index contributed by atoms with van der Waals surface area (Å²) in [5, 5.41) is 0. The third-order valence-electron chi connectivity index (χ3n) is 2.80. The molecule has 0 bridgehead atoms. The molecule has 0 aliphatic carbocycles. The maximum absolute atomic E-state index is 12.8. The first-order chi connectivity index (χ1) is 8.69. The molecule has 0 aromatic heterocycles. The molecular weight excluding hydrogens is 229 g/mol. The Bertz CT molecular complexity index is 519. The number of carbonyl (C=O) groups excluding carboxylic acids is 1. The zero-order valence-corrected chi connectivity index (χ0v) is 10.1. The van der Waals surface area contributed by atoms with Crippen LogP contribution in [-0.4, -0.2) is 13.3 Å². The molecule has 92 valence electrons. The second-order valence-electron chi connectivity index (χ2n) is 4.19. The van der Waals surface area contributed by atoms with Crippen LogP contribution in [0.2, 0.25) is 0 Å². The number of aldehydes is 1. The number of halogens is 1. The summed E-state index contributed by atoms with van der Waals surface area (Å²) in [6, 6.07) is 13.8. The van der Waals surface area contributed by atoms with Gasteiger partial charge in [-0.2, -0.15) is 0 Å². The number of hydrogen-bond acceptors (Lipinski definition) is 2. The van der Waals surface area contributed by atoms with Crippen molar-refractivity contribution in [1.29, 1.82) is 0 Å². The Kier molecular flexibility index (Phi) is 3.72. The van der Waals surface area contributed by atoms with Crippen molar-refractivity contribution in [2.45, 2.75) is 6.54 Å². The van der Waals surface area contributed by atoms with E-state index >= 15 is 0 Å². The largest absolute Gasteiger partial charge is 0.370 e. The molecule has 0 aliphatic rings. The Morgan fingerprint density at radius 1 is 1.06 bits per heavy atom. The highest BCUT2D eigenvalue weighted by atomic mass is 19.1. The van der Waals surface area contributed by atoms with E-state index in [1.165, 1.54) is 12.1 Å². The zero-order chi connectivity index (χ0) is 13.0. The van der Waals surface area contributed by atoms with Crippen LogP contribution in [-0.2, 0) is 6.54 Å². The van der Waals surface area contributed by atoms with Gasteiger partial charge in [-0.05, 0) is 42.0 Å². The van der Waals surface area contributed by atoms with Crippen LogP contribution in [0.15, 0.2) is 48.5 Å². The molecule has 0 saturated carbocycles. The van der Waals surface area contributed by atoms with E-state index in [1.54, 1.807) is 24.3 Å². The van der Waals surface area contributed by atoms with Crippen LogP contribution < -0.4 is 4.90 Å².